The first-order valence-electron chi connectivity index (χ1n) is 9.34. The number of aliphatic hydroxyl groups excluding tert-OH is 1. The van der Waals surface area contributed by atoms with Gasteiger partial charge >= 0.3 is 0 Å². The molecule has 0 spiro atoms. The highest BCUT2D eigenvalue weighted by Gasteiger charge is 2.31. The second-order valence-electron chi connectivity index (χ2n) is 6.87. The van der Waals surface area contributed by atoms with E-state index in [-0.39, 0.29) is 31.3 Å². The van der Waals surface area contributed by atoms with Crippen molar-refractivity contribution in [3.63, 3.8) is 0 Å². The smallest absolute Gasteiger partial charge is 0.270 e. The number of fused-ring (bicyclic) bond motifs is 1. The number of carbonyl (C=O) groups excluding carboxylic acids is 1. The van der Waals surface area contributed by atoms with Crippen molar-refractivity contribution in [3.8, 4) is 11.5 Å². The van der Waals surface area contributed by atoms with Crippen LogP contribution in [0.4, 0.5) is 0 Å². The number of hydrogen-bond donors (Lipinski definition) is 2. The summed E-state index contributed by atoms with van der Waals surface area (Å²) in [6.07, 6.45) is 0.595. The van der Waals surface area contributed by atoms with E-state index in [1.807, 2.05) is 26.0 Å². The molecule has 1 aromatic heterocycles. The zero-order valence-electron chi connectivity index (χ0n) is 16.7. The van der Waals surface area contributed by atoms with Crippen molar-refractivity contribution in [1.29, 1.82) is 0 Å². The third-order valence-electron chi connectivity index (χ3n) is 4.73. The van der Waals surface area contributed by atoms with Crippen LogP contribution in [-0.2, 0) is 24.8 Å². The van der Waals surface area contributed by atoms with E-state index < -0.39 is 0 Å². The second-order valence-corrected chi connectivity index (χ2v) is 6.87. The topological polar surface area (TPSA) is 94.8 Å². The number of aromatic nitrogens is 2. The van der Waals surface area contributed by atoms with Crippen LogP contribution in [0.1, 0.15) is 47.3 Å². The van der Waals surface area contributed by atoms with Gasteiger partial charge < -0.3 is 24.6 Å². The lowest BCUT2D eigenvalue weighted by Crippen LogP contribution is -2.28. The van der Waals surface area contributed by atoms with E-state index in [4.69, 9.17) is 19.3 Å². The molecular formula is C20H27N3O5. The van der Waals surface area contributed by atoms with E-state index in [9.17, 15) is 4.79 Å². The summed E-state index contributed by atoms with van der Waals surface area (Å²) in [5.41, 5.74) is 3.24. The van der Waals surface area contributed by atoms with Crippen molar-refractivity contribution < 1.29 is 24.1 Å². The number of nitrogens with zero attached hydrogens (tertiary/aromatic N) is 2. The highest BCUT2D eigenvalue weighted by Crippen LogP contribution is 2.31. The van der Waals surface area contributed by atoms with Crippen LogP contribution in [-0.4, -0.2) is 47.2 Å². The molecular weight excluding hydrogens is 362 g/mol. The Labute approximate surface area is 164 Å². The summed E-state index contributed by atoms with van der Waals surface area (Å²) in [6.45, 7) is 4.42. The van der Waals surface area contributed by atoms with Gasteiger partial charge in [0.15, 0.2) is 11.5 Å². The minimum absolute atomic E-state index is 0.0500. The number of rotatable bonds is 7. The molecule has 1 aliphatic heterocycles. The molecule has 0 bridgehead atoms. The molecule has 3 rings (SSSR count). The molecule has 0 radical (unpaired) electrons. The van der Waals surface area contributed by atoms with Gasteiger partial charge in [-0.15, -0.1) is 0 Å². The summed E-state index contributed by atoms with van der Waals surface area (Å²) >= 11 is 0. The van der Waals surface area contributed by atoms with Gasteiger partial charge in [0.05, 0.1) is 31.6 Å². The molecule has 2 N–H and O–H groups in total. The zero-order valence-corrected chi connectivity index (χ0v) is 16.7. The first kappa shape index (κ1) is 20.2. The van der Waals surface area contributed by atoms with E-state index in [0.29, 0.717) is 30.2 Å². The van der Waals surface area contributed by atoms with Crippen LogP contribution in [0.5, 0.6) is 11.5 Å². The van der Waals surface area contributed by atoms with E-state index in [1.54, 1.807) is 24.9 Å². The molecule has 0 unspecified atom stereocenters. The number of carbonyl (C=O) groups is 1. The Hall–Kier alpha value is -2.58. The van der Waals surface area contributed by atoms with E-state index in [1.165, 1.54) is 0 Å². The van der Waals surface area contributed by atoms with Crippen molar-refractivity contribution in [3.05, 3.63) is 40.7 Å². The molecule has 1 amide bonds. The molecule has 1 aromatic carbocycles. The molecule has 28 heavy (non-hydrogen) atoms. The van der Waals surface area contributed by atoms with Gasteiger partial charge in [-0.25, -0.2) is 0 Å². The molecule has 1 aliphatic rings. The van der Waals surface area contributed by atoms with E-state index >= 15 is 0 Å². The lowest BCUT2D eigenvalue weighted by atomic mass is 9.99. The zero-order chi connectivity index (χ0) is 20.3. The fraction of sp³-hybridized carbons (Fsp3) is 0.500. The maximum Gasteiger partial charge on any atom is 0.270 e. The van der Waals surface area contributed by atoms with Gasteiger partial charge in [-0.2, -0.15) is 5.10 Å². The third-order valence-corrected chi connectivity index (χ3v) is 4.73. The van der Waals surface area contributed by atoms with Crippen molar-refractivity contribution in [1.82, 2.24) is 15.1 Å². The van der Waals surface area contributed by atoms with Crippen LogP contribution in [0.2, 0.25) is 0 Å². The van der Waals surface area contributed by atoms with Crippen molar-refractivity contribution >= 4 is 5.91 Å². The fourth-order valence-corrected chi connectivity index (χ4v) is 3.51. The first-order chi connectivity index (χ1) is 13.4. The summed E-state index contributed by atoms with van der Waals surface area (Å²) in [5, 5.41) is 16.3. The highest BCUT2D eigenvalue weighted by molar-refractivity contribution is 5.94. The summed E-state index contributed by atoms with van der Waals surface area (Å²) in [4.78, 5) is 12.9. The number of nitrogens with one attached hydrogen (secondary N) is 1. The van der Waals surface area contributed by atoms with Crippen molar-refractivity contribution in [2.24, 2.45) is 7.05 Å². The second kappa shape index (κ2) is 8.62. The van der Waals surface area contributed by atoms with Gasteiger partial charge in [0.1, 0.15) is 12.3 Å². The number of benzene rings is 1. The quantitative estimate of drug-likeness (QED) is 0.749. The average molecular weight is 389 g/mol. The van der Waals surface area contributed by atoms with Gasteiger partial charge in [0.25, 0.3) is 5.91 Å². The van der Waals surface area contributed by atoms with Gasteiger partial charge in [0, 0.05) is 25.6 Å². The molecule has 0 saturated carbocycles. The number of amides is 1. The Morgan fingerprint density at radius 1 is 1.39 bits per heavy atom. The standard InChI is InChI=1S/C20H27N3O5/c1-12-9-15-18(13(2)28-12)22-23(3)19(15)20(25)21-11-14-5-6-16(27-8-7-24)17(10-14)26-4/h5-6,10,12-13,24H,7-9,11H2,1-4H3,(H,21,25)/t12-,13+/m1/s1. The molecule has 0 aliphatic carbocycles. The van der Waals surface area contributed by atoms with Crippen LogP contribution in [0, 0.1) is 0 Å². The third kappa shape index (κ3) is 4.13. The average Bonchev–Trinajstić information content (AvgIpc) is 3.01. The van der Waals surface area contributed by atoms with E-state index in [2.05, 4.69) is 10.4 Å². The lowest BCUT2D eigenvalue weighted by Gasteiger charge is -2.24. The SMILES string of the molecule is COc1cc(CNC(=O)c2c3c(nn2C)[C@H](C)O[C@H](C)C3)ccc1OCCO. The number of methoxy groups -OCH3 is 1. The molecule has 0 saturated heterocycles. The Morgan fingerprint density at radius 3 is 2.89 bits per heavy atom. The molecule has 8 nitrogen and oxygen atoms in total. The maximum atomic E-state index is 12.9. The van der Waals surface area contributed by atoms with Crippen molar-refractivity contribution in [2.45, 2.75) is 39.0 Å². The van der Waals surface area contributed by atoms with Gasteiger partial charge in [-0.3, -0.25) is 9.48 Å². The number of aryl methyl sites for hydroxylation is 1. The summed E-state index contributed by atoms with van der Waals surface area (Å²) < 4.78 is 18.2. The van der Waals surface area contributed by atoms with Gasteiger partial charge in [-0.1, -0.05) is 6.07 Å². The van der Waals surface area contributed by atoms with Gasteiger partial charge in [0.2, 0.25) is 0 Å². The molecule has 2 heterocycles. The van der Waals surface area contributed by atoms with Crippen molar-refractivity contribution in [2.75, 3.05) is 20.3 Å². The molecule has 2 aromatic rings. The largest absolute Gasteiger partial charge is 0.493 e. The van der Waals surface area contributed by atoms with Crippen LogP contribution in [0.15, 0.2) is 18.2 Å². The number of aliphatic hydroxyl groups is 1. The minimum Gasteiger partial charge on any atom is -0.493 e. The minimum atomic E-state index is -0.169. The predicted octanol–water partition coefficient (Wildman–Crippen LogP) is 1.75. The molecule has 2 atom stereocenters. The Kier molecular flexibility index (Phi) is 6.21. The Morgan fingerprint density at radius 2 is 2.18 bits per heavy atom. The van der Waals surface area contributed by atoms with Crippen LogP contribution >= 0.6 is 0 Å². The number of hydrogen-bond acceptors (Lipinski definition) is 6. The molecule has 152 valence electrons. The fourth-order valence-electron chi connectivity index (χ4n) is 3.51. The van der Waals surface area contributed by atoms with E-state index in [0.717, 1.165) is 16.8 Å². The maximum absolute atomic E-state index is 12.9. The summed E-state index contributed by atoms with van der Waals surface area (Å²) in [6, 6.07) is 5.43. The monoisotopic (exact) mass is 389 g/mol. The van der Waals surface area contributed by atoms with Crippen LogP contribution in [0.25, 0.3) is 0 Å². The summed E-state index contributed by atoms with van der Waals surface area (Å²) in [5.74, 6) is 0.935. The van der Waals surface area contributed by atoms with Gasteiger partial charge in [-0.05, 0) is 31.5 Å². The Balaban J connectivity index is 1.73. The number of ether oxygens (including phenoxy) is 3. The van der Waals surface area contributed by atoms with Crippen LogP contribution in [0.3, 0.4) is 0 Å². The predicted molar refractivity (Wildman–Crippen MR) is 103 cm³/mol. The lowest BCUT2D eigenvalue weighted by molar-refractivity contribution is -0.00710. The Bertz CT molecular complexity index is 849. The van der Waals surface area contributed by atoms with Crippen LogP contribution < -0.4 is 14.8 Å². The normalized spacial score (nSPS) is 18.5. The highest BCUT2D eigenvalue weighted by atomic mass is 16.5. The first-order valence-corrected chi connectivity index (χ1v) is 9.34. The molecule has 8 heteroatoms. The molecule has 0 fully saturated rings. The summed E-state index contributed by atoms with van der Waals surface area (Å²) in [7, 11) is 3.33.